The molecule has 1 saturated heterocycles. The fourth-order valence-electron chi connectivity index (χ4n) is 2.84. The van der Waals surface area contributed by atoms with Gasteiger partial charge in [-0.3, -0.25) is 5.32 Å². The molecule has 0 aliphatic carbocycles. The highest BCUT2D eigenvalue weighted by molar-refractivity contribution is 7.86. The SMILES string of the molecule is Cc1ccc(S(=O)(=O)O[C@@]2(C(=O)OC(=O)OCc3ccccc3)CCCN2)cc1. The summed E-state index contributed by atoms with van der Waals surface area (Å²) in [6, 6.07) is 14.8. The Hall–Kier alpha value is -2.75. The quantitative estimate of drug-likeness (QED) is 0.433. The molecule has 29 heavy (non-hydrogen) atoms. The van der Waals surface area contributed by atoms with Gasteiger partial charge in [-0.1, -0.05) is 48.0 Å². The van der Waals surface area contributed by atoms with Crippen molar-refractivity contribution in [2.45, 2.75) is 37.0 Å². The zero-order valence-electron chi connectivity index (χ0n) is 15.8. The number of ether oxygens (including phenoxy) is 2. The first kappa shape index (κ1) is 21.0. The van der Waals surface area contributed by atoms with Gasteiger partial charge in [-0.25, -0.2) is 13.8 Å². The van der Waals surface area contributed by atoms with Crippen molar-refractivity contribution in [2.75, 3.05) is 6.54 Å². The average molecular weight is 419 g/mol. The van der Waals surface area contributed by atoms with Crippen LogP contribution in [-0.2, 0) is 35.2 Å². The summed E-state index contributed by atoms with van der Waals surface area (Å²) in [6.07, 6.45) is -0.733. The van der Waals surface area contributed by atoms with Crippen LogP contribution in [0.5, 0.6) is 0 Å². The normalized spacial score (nSPS) is 18.9. The smallest absolute Gasteiger partial charge is 0.429 e. The van der Waals surface area contributed by atoms with E-state index in [-0.39, 0.29) is 17.9 Å². The zero-order chi connectivity index (χ0) is 20.9. The lowest BCUT2D eigenvalue weighted by Crippen LogP contribution is -2.52. The summed E-state index contributed by atoms with van der Waals surface area (Å²) < 4.78 is 40.1. The van der Waals surface area contributed by atoms with Crippen LogP contribution in [0.2, 0.25) is 0 Å². The van der Waals surface area contributed by atoms with Crippen LogP contribution in [0.4, 0.5) is 4.79 Å². The predicted molar refractivity (Wildman–Crippen MR) is 102 cm³/mol. The monoisotopic (exact) mass is 419 g/mol. The maximum atomic E-state index is 12.6. The van der Waals surface area contributed by atoms with E-state index in [1.165, 1.54) is 12.1 Å². The molecule has 0 amide bonds. The van der Waals surface area contributed by atoms with Crippen molar-refractivity contribution in [3.05, 3.63) is 65.7 Å². The first-order valence-corrected chi connectivity index (χ1v) is 10.4. The van der Waals surface area contributed by atoms with E-state index in [4.69, 9.17) is 13.7 Å². The minimum absolute atomic E-state index is 0.0306. The number of hydrogen-bond donors (Lipinski definition) is 1. The Kier molecular flexibility index (Phi) is 6.31. The third-order valence-corrected chi connectivity index (χ3v) is 5.74. The Morgan fingerprint density at radius 1 is 1.07 bits per heavy atom. The van der Waals surface area contributed by atoms with Crippen molar-refractivity contribution < 1.29 is 31.7 Å². The van der Waals surface area contributed by atoms with Gasteiger partial charge in [-0.2, -0.15) is 8.42 Å². The first-order valence-electron chi connectivity index (χ1n) is 9.01. The molecule has 9 heteroatoms. The third-order valence-electron chi connectivity index (χ3n) is 4.38. The van der Waals surface area contributed by atoms with Gasteiger partial charge in [0.1, 0.15) is 6.61 Å². The van der Waals surface area contributed by atoms with E-state index in [2.05, 4.69) is 5.32 Å². The van der Waals surface area contributed by atoms with Crippen LogP contribution in [0.1, 0.15) is 24.0 Å². The second-order valence-corrected chi connectivity index (χ2v) is 8.17. The van der Waals surface area contributed by atoms with Gasteiger partial charge in [0.15, 0.2) is 0 Å². The molecular weight excluding hydrogens is 398 g/mol. The van der Waals surface area contributed by atoms with Crippen LogP contribution in [0, 0.1) is 6.92 Å². The molecule has 1 fully saturated rings. The molecule has 1 aliphatic heterocycles. The Bertz CT molecular complexity index is 966. The van der Waals surface area contributed by atoms with Gasteiger partial charge in [-0.05, 0) is 37.6 Å². The van der Waals surface area contributed by atoms with Crippen molar-refractivity contribution in [1.29, 1.82) is 0 Å². The number of carbonyl (C=O) groups excluding carboxylic acids is 2. The van der Waals surface area contributed by atoms with Crippen molar-refractivity contribution in [3.63, 3.8) is 0 Å². The molecule has 2 aromatic rings. The van der Waals surface area contributed by atoms with Crippen LogP contribution in [0.3, 0.4) is 0 Å². The Balaban J connectivity index is 1.68. The molecule has 3 rings (SSSR count). The summed E-state index contributed by atoms with van der Waals surface area (Å²) in [7, 11) is -4.27. The molecule has 1 aliphatic rings. The second kappa shape index (κ2) is 8.73. The van der Waals surface area contributed by atoms with Crippen LogP contribution < -0.4 is 5.32 Å². The molecule has 1 N–H and O–H groups in total. The molecule has 0 unspecified atom stereocenters. The standard InChI is InChI=1S/C20H21NO7S/c1-15-8-10-17(11-9-15)29(24,25)28-20(12-5-13-21-20)18(22)27-19(23)26-14-16-6-3-2-4-7-16/h2-4,6-11,21H,5,12-14H2,1H3/t20-/m1/s1. The highest BCUT2D eigenvalue weighted by Gasteiger charge is 2.49. The number of rotatable bonds is 6. The Labute approximate surface area is 168 Å². The largest absolute Gasteiger partial charge is 0.516 e. The van der Waals surface area contributed by atoms with E-state index in [1.54, 1.807) is 36.4 Å². The molecule has 2 aromatic carbocycles. The van der Waals surface area contributed by atoms with Crippen LogP contribution in [0.15, 0.2) is 59.5 Å². The summed E-state index contributed by atoms with van der Waals surface area (Å²) in [6.45, 7) is 2.06. The van der Waals surface area contributed by atoms with E-state index in [0.29, 0.717) is 18.5 Å². The van der Waals surface area contributed by atoms with Gasteiger partial charge < -0.3 is 9.47 Å². The second-order valence-electron chi connectivity index (χ2n) is 6.62. The molecule has 8 nitrogen and oxygen atoms in total. The van der Waals surface area contributed by atoms with E-state index >= 15 is 0 Å². The Morgan fingerprint density at radius 2 is 1.76 bits per heavy atom. The maximum absolute atomic E-state index is 12.6. The summed E-state index contributed by atoms with van der Waals surface area (Å²) in [4.78, 5) is 24.4. The Morgan fingerprint density at radius 3 is 2.38 bits per heavy atom. The van der Waals surface area contributed by atoms with E-state index in [1.807, 2.05) is 13.0 Å². The van der Waals surface area contributed by atoms with Crippen molar-refractivity contribution >= 4 is 22.2 Å². The number of carbonyl (C=O) groups is 2. The van der Waals surface area contributed by atoms with Gasteiger partial charge in [0.05, 0.1) is 4.90 Å². The lowest BCUT2D eigenvalue weighted by Gasteiger charge is -2.25. The average Bonchev–Trinajstić information content (AvgIpc) is 3.16. The topological polar surface area (TPSA) is 108 Å². The summed E-state index contributed by atoms with van der Waals surface area (Å²) in [5, 5.41) is 2.70. The summed E-state index contributed by atoms with van der Waals surface area (Å²) in [5.74, 6) is -1.16. The maximum Gasteiger partial charge on any atom is 0.516 e. The molecule has 1 heterocycles. The first-order chi connectivity index (χ1) is 13.8. The van der Waals surface area contributed by atoms with Crippen LogP contribution >= 0.6 is 0 Å². The fourth-order valence-corrected chi connectivity index (χ4v) is 3.99. The molecule has 0 saturated carbocycles. The molecule has 0 aromatic heterocycles. The fraction of sp³-hybridized carbons (Fsp3) is 0.300. The van der Waals surface area contributed by atoms with Crippen LogP contribution in [0.25, 0.3) is 0 Å². The lowest BCUT2D eigenvalue weighted by atomic mass is 10.2. The van der Waals surface area contributed by atoms with Gasteiger partial charge in [0, 0.05) is 6.42 Å². The van der Waals surface area contributed by atoms with Crippen LogP contribution in [-0.4, -0.2) is 32.8 Å². The summed E-state index contributed by atoms with van der Waals surface area (Å²) in [5.41, 5.74) is -0.391. The number of aryl methyl sites for hydroxylation is 1. The number of esters is 1. The van der Waals surface area contributed by atoms with Crippen molar-refractivity contribution in [2.24, 2.45) is 0 Å². The minimum Gasteiger partial charge on any atom is -0.429 e. The van der Waals surface area contributed by atoms with Gasteiger partial charge in [0.25, 0.3) is 10.1 Å². The number of nitrogens with one attached hydrogen (secondary N) is 1. The van der Waals surface area contributed by atoms with Gasteiger partial charge >= 0.3 is 12.1 Å². The zero-order valence-corrected chi connectivity index (χ0v) is 16.6. The van der Waals surface area contributed by atoms with Gasteiger partial charge in [0.2, 0.25) is 5.72 Å². The predicted octanol–water partition coefficient (Wildman–Crippen LogP) is 2.66. The third kappa shape index (κ3) is 5.20. The molecule has 0 spiro atoms. The lowest BCUT2D eigenvalue weighted by molar-refractivity contribution is -0.159. The molecule has 0 bridgehead atoms. The van der Waals surface area contributed by atoms with E-state index in [9.17, 15) is 18.0 Å². The number of benzene rings is 2. The molecular formula is C20H21NO7S. The minimum atomic E-state index is -4.27. The highest BCUT2D eigenvalue weighted by atomic mass is 32.2. The molecule has 0 radical (unpaired) electrons. The molecule has 154 valence electrons. The van der Waals surface area contributed by atoms with E-state index < -0.39 is 28.0 Å². The highest BCUT2D eigenvalue weighted by Crippen LogP contribution is 2.28. The summed E-state index contributed by atoms with van der Waals surface area (Å²) >= 11 is 0. The molecule has 1 atom stereocenters. The van der Waals surface area contributed by atoms with Gasteiger partial charge in [-0.15, -0.1) is 0 Å². The van der Waals surface area contributed by atoms with Crippen molar-refractivity contribution in [1.82, 2.24) is 5.32 Å². The van der Waals surface area contributed by atoms with Crippen molar-refractivity contribution in [3.8, 4) is 0 Å². The number of hydrogen-bond acceptors (Lipinski definition) is 8. The van der Waals surface area contributed by atoms with E-state index in [0.717, 1.165) is 5.56 Å².